The zero-order valence-corrected chi connectivity index (χ0v) is 14.2. The van der Waals surface area contributed by atoms with Crippen LogP contribution in [0.2, 0.25) is 5.02 Å². The van der Waals surface area contributed by atoms with Crippen molar-refractivity contribution in [3.63, 3.8) is 0 Å². The molecule has 1 fully saturated rings. The molecule has 1 amide bonds. The van der Waals surface area contributed by atoms with Gasteiger partial charge in [-0.1, -0.05) is 27.5 Å². The molecule has 4 N–H and O–H groups in total. The number of halogens is 2. The lowest BCUT2D eigenvalue weighted by atomic mass is 9.89. The number of fused-ring (bicyclic) bond motifs is 1. The van der Waals surface area contributed by atoms with Crippen LogP contribution in [-0.4, -0.2) is 29.5 Å². The molecule has 0 saturated carbocycles. The summed E-state index contributed by atoms with van der Waals surface area (Å²) in [5.74, 6) is 0.280. The summed E-state index contributed by atoms with van der Waals surface area (Å²) in [6, 6.07) is 7.57. The summed E-state index contributed by atoms with van der Waals surface area (Å²) in [4.78, 5) is 18.2. The molecular weight excluding hydrogens is 368 g/mol. The number of hydrogen-bond acceptors (Lipinski definition) is 4. The van der Waals surface area contributed by atoms with Crippen molar-refractivity contribution in [3.05, 3.63) is 33.8 Å². The van der Waals surface area contributed by atoms with Crippen LogP contribution in [-0.2, 0) is 4.79 Å². The quantitative estimate of drug-likeness (QED) is 0.834. The number of primary amides is 1. The molecule has 1 aliphatic rings. The highest BCUT2D eigenvalue weighted by molar-refractivity contribution is 9.10. The summed E-state index contributed by atoms with van der Waals surface area (Å²) in [5, 5.41) is 1.54. The molecule has 116 valence electrons. The maximum atomic E-state index is 11.6. The summed E-state index contributed by atoms with van der Waals surface area (Å²) in [6.45, 7) is 1.16. The van der Waals surface area contributed by atoms with E-state index in [-0.39, 0.29) is 0 Å². The number of pyridine rings is 1. The summed E-state index contributed by atoms with van der Waals surface area (Å²) >= 11 is 9.74. The van der Waals surface area contributed by atoms with E-state index in [0.29, 0.717) is 18.0 Å². The summed E-state index contributed by atoms with van der Waals surface area (Å²) in [5.41, 5.74) is 11.3. The third-order valence-electron chi connectivity index (χ3n) is 4.08. The van der Waals surface area contributed by atoms with Crippen molar-refractivity contribution in [2.45, 2.75) is 18.4 Å². The number of nitrogens with zero attached hydrogens (tertiary/aromatic N) is 2. The smallest absolute Gasteiger partial charge is 0.239 e. The molecule has 7 heteroatoms. The molecule has 1 aliphatic heterocycles. The molecule has 1 saturated heterocycles. The predicted molar refractivity (Wildman–Crippen MR) is 92.0 cm³/mol. The molecule has 0 aliphatic carbocycles. The van der Waals surface area contributed by atoms with Gasteiger partial charge >= 0.3 is 0 Å². The summed E-state index contributed by atoms with van der Waals surface area (Å²) < 4.78 is 0.940. The van der Waals surface area contributed by atoms with Crippen LogP contribution in [0.1, 0.15) is 12.8 Å². The largest absolute Gasteiger partial charge is 0.368 e. The van der Waals surface area contributed by atoms with Crippen molar-refractivity contribution < 1.29 is 4.79 Å². The summed E-state index contributed by atoms with van der Waals surface area (Å²) in [6.07, 6.45) is 1.39. The van der Waals surface area contributed by atoms with Gasteiger partial charge in [0, 0.05) is 22.9 Å². The van der Waals surface area contributed by atoms with Crippen molar-refractivity contribution in [1.82, 2.24) is 4.98 Å². The molecule has 1 unspecified atom stereocenters. The minimum absolute atomic E-state index is 0.368. The van der Waals surface area contributed by atoms with Gasteiger partial charge in [-0.05, 0) is 37.1 Å². The van der Waals surface area contributed by atoms with Crippen LogP contribution in [0.3, 0.4) is 0 Å². The second kappa shape index (κ2) is 5.68. The zero-order chi connectivity index (χ0) is 15.9. The Labute approximate surface area is 141 Å². The third kappa shape index (κ3) is 2.66. The lowest BCUT2D eigenvalue weighted by Crippen LogP contribution is -2.62. The molecule has 2 aromatic rings. The van der Waals surface area contributed by atoms with Gasteiger partial charge in [0.15, 0.2) is 0 Å². The van der Waals surface area contributed by atoms with E-state index < -0.39 is 11.4 Å². The number of benzene rings is 1. The van der Waals surface area contributed by atoms with Gasteiger partial charge in [-0.25, -0.2) is 4.98 Å². The van der Waals surface area contributed by atoms with E-state index in [1.807, 2.05) is 23.1 Å². The number of rotatable bonds is 2. The van der Waals surface area contributed by atoms with Crippen molar-refractivity contribution >= 4 is 50.2 Å². The fourth-order valence-corrected chi connectivity index (χ4v) is 3.45. The number of aromatic nitrogens is 1. The van der Waals surface area contributed by atoms with Gasteiger partial charge < -0.3 is 16.4 Å². The number of carbonyl (C=O) groups is 1. The number of anilines is 1. The standard InChI is InChI=1S/C15H16BrClN4O/c16-10-3-4-11(17)13-9(10)2-5-12(20-13)21-7-1-6-15(19,8-21)14(18)22/h2-5H,1,6-8,19H2,(H2,18,22). The molecule has 0 radical (unpaired) electrons. The van der Waals surface area contributed by atoms with E-state index in [1.165, 1.54) is 0 Å². The van der Waals surface area contributed by atoms with Crippen LogP contribution in [0.5, 0.6) is 0 Å². The Morgan fingerprint density at radius 1 is 1.36 bits per heavy atom. The molecule has 22 heavy (non-hydrogen) atoms. The van der Waals surface area contributed by atoms with Gasteiger partial charge in [0.2, 0.25) is 5.91 Å². The van der Waals surface area contributed by atoms with Gasteiger partial charge in [0.25, 0.3) is 0 Å². The van der Waals surface area contributed by atoms with E-state index in [1.54, 1.807) is 6.07 Å². The second-order valence-corrected chi connectivity index (χ2v) is 6.90. The van der Waals surface area contributed by atoms with Gasteiger partial charge in [-0.2, -0.15) is 0 Å². The minimum Gasteiger partial charge on any atom is -0.368 e. The second-order valence-electron chi connectivity index (χ2n) is 5.64. The molecule has 5 nitrogen and oxygen atoms in total. The Morgan fingerprint density at radius 2 is 2.14 bits per heavy atom. The first-order chi connectivity index (χ1) is 10.4. The number of hydrogen-bond donors (Lipinski definition) is 2. The number of carbonyl (C=O) groups excluding carboxylic acids is 1. The maximum Gasteiger partial charge on any atom is 0.239 e. The fraction of sp³-hybridized carbons (Fsp3) is 0.333. The Kier molecular flexibility index (Phi) is 4.01. The monoisotopic (exact) mass is 382 g/mol. The molecule has 3 rings (SSSR count). The molecule has 2 heterocycles. The van der Waals surface area contributed by atoms with E-state index >= 15 is 0 Å². The van der Waals surface area contributed by atoms with Gasteiger partial charge in [-0.3, -0.25) is 4.79 Å². The van der Waals surface area contributed by atoms with Crippen LogP contribution in [0.25, 0.3) is 10.9 Å². The number of piperidine rings is 1. The van der Waals surface area contributed by atoms with Crippen LogP contribution in [0.15, 0.2) is 28.7 Å². The number of amides is 1. The van der Waals surface area contributed by atoms with Crippen molar-refractivity contribution in [2.24, 2.45) is 11.5 Å². The van der Waals surface area contributed by atoms with Crippen LogP contribution >= 0.6 is 27.5 Å². The third-order valence-corrected chi connectivity index (χ3v) is 5.08. The van der Waals surface area contributed by atoms with E-state index in [9.17, 15) is 4.79 Å². The SMILES string of the molecule is NC(=O)C1(N)CCCN(c2ccc3c(Br)ccc(Cl)c3n2)C1. The first-order valence-electron chi connectivity index (χ1n) is 6.99. The Hall–Kier alpha value is -1.37. The molecule has 0 bridgehead atoms. The first kappa shape index (κ1) is 15.5. The Bertz CT molecular complexity index is 754. The first-order valence-corrected chi connectivity index (χ1v) is 8.16. The lowest BCUT2D eigenvalue weighted by molar-refractivity contribution is -0.123. The van der Waals surface area contributed by atoms with Crippen LogP contribution in [0.4, 0.5) is 5.82 Å². The average molecular weight is 384 g/mol. The molecule has 0 spiro atoms. The van der Waals surface area contributed by atoms with Crippen molar-refractivity contribution in [2.75, 3.05) is 18.0 Å². The average Bonchev–Trinajstić information content (AvgIpc) is 2.51. The van der Waals surface area contributed by atoms with Gasteiger partial charge in [0.1, 0.15) is 11.4 Å². The minimum atomic E-state index is -1.00. The zero-order valence-electron chi connectivity index (χ0n) is 11.9. The highest BCUT2D eigenvalue weighted by Gasteiger charge is 2.37. The van der Waals surface area contributed by atoms with E-state index in [2.05, 4.69) is 20.9 Å². The maximum absolute atomic E-state index is 11.6. The molecule has 1 aromatic carbocycles. The number of nitrogens with two attached hydrogens (primary N) is 2. The van der Waals surface area contributed by atoms with Crippen molar-refractivity contribution in [3.8, 4) is 0 Å². The van der Waals surface area contributed by atoms with Crippen LogP contribution in [0, 0.1) is 0 Å². The topological polar surface area (TPSA) is 85.2 Å². The van der Waals surface area contributed by atoms with Crippen molar-refractivity contribution in [1.29, 1.82) is 0 Å². The summed E-state index contributed by atoms with van der Waals surface area (Å²) in [7, 11) is 0. The van der Waals surface area contributed by atoms with Gasteiger partial charge in [-0.15, -0.1) is 0 Å². The van der Waals surface area contributed by atoms with E-state index in [4.69, 9.17) is 23.1 Å². The van der Waals surface area contributed by atoms with E-state index in [0.717, 1.165) is 34.2 Å². The Balaban J connectivity index is 2.00. The van der Waals surface area contributed by atoms with Gasteiger partial charge in [0.05, 0.1) is 10.5 Å². The normalized spacial score (nSPS) is 22.0. The molecular formula is C15H16BrClN4O. The van der Waals surface area contributed by atoms with Crippen LogP contribution < -0.4 is 16.4 Å². The predicted octanol–water partition coefficient (Wildman–Crippen LogP) is 2.43. The molecule has 1 aromatic heterocycles. The lowest BCUT2D eigenvalue weighted by Gasteiger charge is -2.38. The molecule has 1 atom stereocenters. The highest BCUT2D eigenvalue weighted by Crippen LogP contribution is 2.31. The Morgan fingerprint density at radius 3 is 2.86 bits per heavy atom. The fourth-order valence-electron chi connectivity index (χ4n) is 2.80. The highest BCUT2D eigenvalue weighted by atomic mass is 79.9.